The summed E-state index contributed by atoms with van der Waals surface area (Å²) in [5.74, 6) is 1.07. The van der Waals surface area contributed by atoms with E-state index in [1.165, 1.54) is 19.3 Å². The molecule has 5 heteroatoms. The van der Waals surface area contributed by atoms with E-state index in [9.17, 15) is 4.79 Å². The summed E-state index contributed by atoms with van der Waals surface area (Å²) >= 11 is 6.12. The topological polar surface area (TPSA) is 55.1 Å². The van der Waals surface area contributed by atoms with Gasteiger partial charge in [-0.05, 0) is 62.1 Å². The van der Waals surface area contributed by atoms with Crippen molar-refractivity contribution in [1.29, 1.82) is 0 Å². The smallest absolute Gasteiger partial charge is 0.251 e. The molecule has 2 bridgehead atoms. The van der Waals surface area contributed by atoms with Crippen LogP contribution in [0.3, 0.4) is 0 Å². The number of carbonyl (C=O) groups is 1. The number of nitrogens with one attached hydrogen (secondary N) is 1. The molecule has 3 nitrogen and oxygen atoms in total. The molecule has 122 valence electrons. The van der Waals surface area contributed by atoms with Crippen LogP contribution in [0.5, 0.6) is 0 Å². The summed E-state index contributed by atoms with van der Waals surface area (Å²) in [5.41, 5.74) is 7.78. The Labute approximate surface area is 143 Å². The molecule has 1 aromatic carbocycles. The second kappa shape index (κ2) is 7.20. The highest BCUT2D eigenvalue weighted by Gasteiger charge is 2.39. The maximum Gasteiger partial charge on any atom is 0.251 e. The summed E-state index contributed by atoms with van der Waals surface area (Å²) in [6.45, 7) is 1.94. The Bertz CT molecular complexity index is 535. The van der Waals surface area contributed by atoms with Crippen LogP contribution in [0.1, 0.15) is 48.0 Å². The van der Waals surface area contributed by atoms with Crippen LogP contribution in [0.25, 0.3) is 0 Å². The minimum absolute atomic E-state index is 0. The molecule has 2 atom stereocenters. The normalized spacial score (nSPS) is 30.3. The molecule has 2 aliphatic rings. The van der Waals surface area contributed by atoms with Crippen molar-refractivity contribution < 1.29 is 4.79 Å². The number of rotatable bonds is 2. The van der Waals surface area contributed by atoms with E-state index >= 15 is 0 Å². The molecule has 0 saturated heterocycles. The molecule has 2 fully saturated rings. The lowest BCUT2D eigenvalue weighted by Gasteiger charge is -2.45. The first kappa shape index (κ1) is 17.6. The van der Waals surface area contributed by atoms with Crippen molar-refractivity contribution in [3.05, 3.63) is 34.3 Å². The Morgan fingerprint density at radius 1 is 1.27 bits per heavy atom. The molecular weight excluding hydrogens is 319 g/mol. The molecule has 1 amide bonds. The fraction of sp³-hybridized carbons (Fsp3) is 0.588. The third kappa shape index (κ3) is 3.58. The first-order valence-corrected chi connectivity index (χ1v) is 8.25. The second-order valence-electron chi connectivity index (χ2n) is 6.65. The number of nitrogens with two attached hydrogens (primary N) is 1. The molecule has 3 rings (SSSR count). The number of fused-ring (bicyclic) bond motifs is 2. The monoisotopic (exact) mass is 342 g/mol. The van der Waals surface area contributed by atoms with E-state index in [1.54, 1.807) is 6.07 Å². The first-order chi connectivity index (χ1) is 10.0. The third-order valence-corrected chi connectivity index (χ3v) is 5.52. The van der Waals surface area contributed by atoms with Gasteiger partial charge in [-0.3, -0.25) is 4.79 Å². The van der Waals surface area contributed by atoms with Gasteiger partial charge in [0.2, 0.25) is 0 Å². The van der Waals surface area contributed by atoms with E-state index in [4.69, 9.17) is 17.3 Å². The van der Waals surface area contributed by atoms with Crippen molar-refractivity contribution in [1.82, 2.24) is 5.32 Å². The van der Waals surface area contributed by atoms with Crippen LogP contribution in [0.2, 0.25) is 5.02 Å². The fourth-order valence-corrected chi connectivity index (χ4v) is 4.17. The van der Waals surface area contributed by atoms with E-state index in [1.807, 2.05) is 19.1 Å². The van der Waals surface area contributed by atoms with Crippen molar-refractivity contribution in [2.75, 3.05) is 0 Å². The Kier molecular flexibility index (Phi) is 5.76. The summed E-state index contributed by atoms with van der Waals surface area (Å²) in [7, 11) is 0. The van der Waals surface area contributed by atoms with Crippen LogP contribution in [0.4, 0.5) is 0 Å². The first-order valence-electron chi connectivity index (χ1n) is 7.87. The second-order valence-corrected chi connectivity index (χ2v) is 7.05. The molecule has 0 aromatic heterocycles. The Morgan fingerprint density at radius 2 is 1.91 bits per heavy atom. The molecule has 2 unspecified atom stereocenters. The average molecular weight is 343 g/mol. The quantitative estimate of drug-likeness (QED) is 0.860. The fourth-order valence-electron chi connectivity index (χ4n) is 3.99. The zero-order chi connectivity index (χ0) is 15.0. The Morgan fingerprint density at radius 3 is 2.50 bits per heavy atom. The highest BCUT2D eigenvalue weighted by Crippen LogP contribution is 2.39. The number of halogens is 2. The van der Waals surface area contributed by atoms with Gasteiger partial charge in [0, 0.05) is 22.7 Å². The van der Waals surface area contributed by atoms with Crippen LogP contribution in [0.15, 0.2) is 18.2 Å². The largest absolute Gasteiger partial charge is 0.349 e. The molecular formula is C17H24Cl2N2O. The number of hydrogen-bond acceptors (Lipinski definition) is 2. The molecule has 0 heterocycles. The van der Waals surface area contributed by atoms with Gasteiger partial charge in [0.05, 0.1) is 0 Å². The van der Waals surface area contributed by atoms with Crippen LogP contribution in [-0.2, 0) is 0 Å². The average Bonchev–Trinajstić information content (AvgIpc) is 2.42. The van der Waals surface area contributed by atoms with Crippen LogP contribution in [0, 0.1) is 18.8 Å². The maximum absolute atomic E-state index is 12.5. The standard InChI is InChI=1S/C17H23ClN2O.ClH/c1-10-5-6-13(9-15(10)18)17(21)20-16-11-3-2-4-12(16)8-14(19)7-11;/h5-6,9,11-12,14,16H,2-4,7-8,19H2,1H3,(H,20,21);1H. The highest BCUT2D eigenvalue weighted by atomic mass is 35.5. The molecule has 1 aromatic rings. The van der Waals surface area contributed by atoms with Crippen LogP contribution < -0.4 is 11.1 Å². The van der Waals surface area contributed by atoms with Crippen molar-refractivity contribution in [3.8, 4) is 0 Å². The van der Waals surface area contributed by atoms with E-state index in [0.717, 1.165) is 18.4 Å². The van der Waals surface area contributed by atoms with Gasteiger partial charge < -0.3 is 11.1 Å². The molecule has 0 radical (unpaired) electrons. The van der Waals surface area contributed by atoms with Gasteiger partial charge in [0.1, 0.15) is 0 Å². The third-order valence-electron chi connectivity index (χ3n) is 5.11. The van der Waals surface area contributed by atoms with E-state index in [0.29, 0.717) is 28.5 Å². The van der Waals surface area contributed by atoms with Crippen molar-refractivity contribution in [2.24, 2.45) is 17.6 Å². The van der Waals surface area contributed by atoms with Crippen LogP contribution in [-0.4, -0.2) is 18.0 Å². The van der Waals surface area contributed by atoms with Gasteiger partial charge in [-0.2, -0.15) is 0 Å². The van der Waals surface area contributed by atoms with E-state index < -0.39 is 0 Å². The number of hydrogen-bond donors (Lipinski definition) is 2. The number of amides is 1. The lowest BCUT2D eigenvalue weighted by atomic mass is 9.67. The van der Waals surface area contributed by atoms with Gasteiger partial charge >= 0.3 is 0 Å². The lowest BCUT2D eigenvalue weighted by molar-refractivity contribution is 0.0756. The zero-order valence-corrected chi connectivity index (χ0v) is 14.4. The van der Waals surface area contributed by atoms with E-state index in [2.05, 4.69) is 5.32 Å². The van der Waals surface area contributed by atoms with E-state index in [-0.39, 0.29) is 24.4 Å². The number of aryl methyl sites for hydroxylation is 1. The molecule has 2 aliphatic carbocycles. The Hall–Kier alpha value is -0.770. The van der Waals surface area contributed by atoms with Gasteiger partial charge in [-0.1, -0.05) is 24.1 Å². The minimum Gasteiger partial charge on any atom is -0.349 e. The molecule has 3 N–H and O–H groups in total. The van der Waals surface area contributed by atoms with Gasteiger partial charge in [0.25, 0.3) is 5.91 Å². The molecule has 2 saturated carbocycles. The minimum atomic E-state index is -0.00530. The summed E-state index contributed by atoms with van der Waals surface area (Å²) in [6, 6.07) is 6.10. The van der Waals surface area contributed by atoms with Gasteiger partial charge in [0.15, 0.2) is 0 Å². The van der Waals surface area contributed by atoms with Gasteiger partial charge in [-0.25, -0.2) is 0 Å². The predicted octanol–water partition coefficient (Wildman–Crippen LogP) is 3.71. The zero-order valence-electron chi connectivity index (χ0n) is 12.8. The lowest BCUT2D eigenvalue weighted by Crippen LogP contribution is -2.53. The summed E-state index contributed by atoms with van der Waals surface area (Å²) in [6.07, 6.45) is 5.71. The van der Waals surface area contributed by atoms with Crippen LogP contribution >= 0.6 is 24.0 Å². The van der Waals surface area contributed by atoms with Crippen molar-refractivity contribution in [3.63, 3.8) is 0 Å². The molecule has 22 heavy (non-hydrogen) atoms. The summed E-state index contributed by atoms with van der Waals surface area (Å²) in [5, 5.41) is 3.90. The van der Waals surface area contributed by atoms with Crippen molar-refractivity contribution in [2.45, 2.75) is 51.1 Å². The van der Waals surface area contributed by atoms with Gasteiger partial charge in [-0.15, -0.1) is 12.4 Å². The number of carbonyl (C=O) groups excluding carboxylic acids is 1. The van der Waals surface area contributed by atoms with Crippen molar-refractivity contribution >= 4 is 29.9 Å². The predicted molar refractivity (Wildman–Crippen MR) is 92.7 cm³/mol. The molecule has 0 aliphatic heterocycles. The summed E-state index contributed by atoms with van der Waals surface area (Å²) < 4.78 is 0. The molecule has 0 spiro atoms. The summed E-state index contributed by atoms with van der Waals surface area (Å²) in [4.78, 5) is 12.5. The highest BCUT2D eigenvalue weighted by molar-refractivity contribution is 6.31. The maximum atomic E-state index is 12.5. The SMILES string of the molecule is Cc1ccc(C(=O)NC2C3CCCC2CC(N)C3)cc1Cl.Cl. The number of benzene rings is 1. The Balaban J connectivity index is 0.00000176.